The van der Waals surface area contributed by atoms with Gasteiger partial charge in [0, 0.05) is 61.0 Å². The van der Waals surface area contributed by atoms with Crippen LogP contribution in [0.2, 0.25) is 0 Å². The maximum Gasteiger partial charge on any atom is 0.252 e. The van der Waals surface area contributed by atoms with Gasteiger partial charge in [0.05, 0.1) is 10.4 Å². The molecule has 0 fully saturated rings. The molecule has 0 radical (unpaired) electrons. The molecule has 2 aliphatic rings. The van der Waals surface area contributed by atoms with E-state index in [2.05, 4.69) is 270 Å². The van der Waals surface area contributed by atoms with Gasteiger partial charge in [0.25, 0.3) is 6.71 Å². The molecule has 5 heteroatoms. The zero-order chi connectivity index (χ0) is 55.2. The van der Waals surface area contributed by atoms with Crippen molar-refractivity contribution >= 4 is 106 Å². The van der Waals surface area contributed by atoms with Crippen LogP contribution in [-0.2, 0) is 34.5 Å². The van der Waals surface area contributed by atoms with Crippen molar-refractivity contribution in [1.29, 1.82) is 0 Å². The minimum Gasteiger partial charge on any atom is -0.311 e. The third-order valence-electron chi connectivity index (χ3n) is 16.9. The summed E-state index contributed by atoms with van der Waals surface area (Å²) in [6, 6.07) is 60.4. The van der Waals surface area contributed by atoms with Gasteiger partial charge in [0.1, 0.15) is 0 Å². The molecule has 78 heavy (non-hydrogen) atoms. The van der Waals surface area contributed by atoms with E-state index in [1.807, 2.05) is 11.3 Å². The van der Waals surface area contributed by atoms with Crippen LogP contribution in [0, 0.1) is 6.92 Å². The van der Waals surface area contributed by atoms with Crippen molar-refractivity contribution in [2.45, 2.75) is 164 Å². The fraction of sp³-hybridized carbons (Fsp3) is 0.342. The number of hydrogen-bond acceptors (Lipinski definition) is 4. The highest BCUT2D eigenvalue weighted by molar-refractivity contribution is 7.26. The van der Waals surface area contributed by atoms with E-state index in [1.165, 1.54) is 122 Å². The van der Waals surface area contributed by atoms with Gasteiger partial charge in [0.15, 0.2) is 0 Å². The zero-order valence-electron chi connectivity index (χ0n) is 49.5. The van der Waals surface area contributed by atoms with E-state index in [0.717, 1.165) is 42.7 Å². The van der Waals surface area contributed by atoms with Crippen molar-refractivity contribution < 1.29 is 0 Å². The van der Waals surface area contributed by atoms with Crippen molar-refractivity contribution in [2.24, 2.45) is 0 Å². The smallest absolute Gasteiger partial charge is 0.252 e. The van der Waals surface area contributed by atoms with E-state index >= 15 is 0 Å². The second-order valence-electron chi connectivity index (χ2n) is 26.9. The number of rotatable bonds is 11. The number of unbranched alkanes of at least 4 members (excludes halogenated alkanes) is 2. The summed E-state index contributed by atoms with van der Waals surface area (Å²) >= 11 is 1.95. The molecule has 0 saturated heterocycles. The highest BCUT2D eigenvalue weighted by Gasteiger charge is 2.45. The van der Waals surface area contributed by atoms with Crippen LogP contribution in [-0.4, -0.2) is 6.71 Å². The molecule has 0 spiro atoms. The van der Waals surface area contributed by atoms with Crippen LogP contribution in [0.4, 0.5) is 51.2 Å². The molecule has 3 nitrogen and oxygen atoms in total. The summed E-state index contributed by atoms with van der Waals surface area (Å²) in [7, 11) is 0. The first-order valence-electron chi connectivity index (χ1n) is 29.1. The monoisotopic (exact) mass is 1040 g/mol. The maximum absolute atomic E-state index is 2.69. The van der Waals surface area contributed by atoms with Crippen LogP contribution in [0.3, 0.4) is 0 Å². The lowest BCUT2D eigenvalue weighted by Gasteiger charge is -2.45. The lowest BCUT2D eigenvalue weighted by Crippen LogP contribution is -2.61. The topological polar surface area (TPSA) is 9.72 Å². The molecular formula is C73H82BN3S. The van der Waals surface area contributed by atoms with Gasteiger partial charge in [-0.25, -0.2) is 0 Å². The van der Waals surface area contributed by atoms with Crippen molar-refractivity contribution in [3.63, 3.8) is 0 Å². The number of fused-ring (bicyclic) bond motifs is 7. The Morgan fingerprint density at radius 3 is 1.55 bits per heavy atom. The van der Waals surface area contributed by atoms with E-state index in [0.29, 0.717) is 0 Å². The highest BCUT2D eigenvalue weighted by atomic mass is 32.1. The van der Waals surface area contributed by atoms with Gasteiger partial charge in [-0.05, 0) is 201 Å². The first-order valence-corrected chi connectivity index (χ1v) is 30.0. The third-order valence-corrected chi connectivity index (χ3v) is 18.1. The molecular weight excluding hydrogens is 962 g/mol. The number of hydrogen-bond donors (Lipinski definition) is 0. The molecule has 0 aliphatic carbocycles. The van der Waals surface area contributed by atoms with Gasteiger partial charge in [-0.15, -0.1) is 11.3 Å². The second kappa shape index (κ2) is 20.0. The molecule has 11 rings (SSSR count). The number of aryl methyl sites for hydroxylation is 3. The molecule has 0 amide bonds. The number of benzene rings is 8. The van der Waals surface area contributed by atoms with Gasteiger partial charge >= 0.3 is 0 Å². The second-order valence-corrected chi connectivity index (χ2v) is 28.0. The van der Waals surface area contributed by atoms with Crippen molar-refractivity contribution in [1.82, 2.24) is 0 Å². The standard InChI is InChI=1S/C73H82BN3S/c1-16-18-20-48-22-30-54(31-23-48)75(55-32-24-50(25-33-55)70(4,5)6)57-36-37-60-63(46-57)76(56-34-26-51(27-35-56)71(7,8)9)64-42-49(21-19-17-2)43-65-68(64)74(60)61-45-53(73(13,14)15)28-38-62(61)77(65)66-41-47(3)40-59-58-44-52(72(10,11)12)29-39-67(58)78-69(59)66/h22-46H,16-21H2,1-15H3. The first kappa shape index (κ1) is 53.4. The van der Waals surface area contributed by atoms with Crippen LogP contribution < -0.4 is 31.1 Å². The molecule has 0 atom stereocenters. The molecule has 2 aliphatic heterocycles. The van der Waals surface area contributed by atoms with Crippen molar-refractivity contribution in [3.8, 4) is 0 Å². The average Bonchev–Trinajstić information content (AvgIpc) is 2.50. The van der Waals surface area contributed by atoms with Gasteiger partial charge in [-0.3, -0.25) is 0 Å². The minimum atomic E-state index is -0.0584. The van der Waals surface area contributed by atoms with E-state index < -0.39 is 0 Å². The Labute approximate surface area is 472 Å². The normalized spacial score (nSPS) is 13.6. The molecule has 3 heterocycles. The number of anilines is 9. The van der Waals surface area contributed by atoms with Crippen molar-refractivity contribution in [3.05, 3.63) is 191 Å². The maximum atomic E-state index is 2.69. The van der Waals surface area contributed by atoms with Gasteiger partial charge in [-0.1, -0.05) is 170 Å². The first-order chi connectivity index (χ1) is 37.0. The Hall–Kier alpha value is -6.56. The quantitative estimate of drug-likeness (QED) is 0.120. The summed E-state index contributed by atoms with van der Waals surface area (Å²) in [6.45, 7) is 34.8. The average molecular weight is 1040 g/mol. The molecule has 0 bridgehead atoms. The fourth-order valence-electron chi connectivity index (χ4n) is 12.2. The molecule has 1 aromatic heterocycles. The minimum absolute atomic E-state index is 0.0139. The van der Waals surface area contributed by atoms with Crippen LogP contribution in [0.25, 0.3) is 20.2 Å². The predicted molar refractivity (Wildman–Crippen MR) is 345 cm³/mol. The predicted octanol–water partition coefficient (Wildman–Crippen LogP) is 19.8. The lowest BCUT2D eigenvalue weighted by molar-refractivity contribution is 0.590. The summed E-state index contributed by atoms with van der Waals surface area (Å²) in [4.78, 5) is 7.82. The Morgan fingerprint density at radius 2 is 0.949 bits per heavy atom. The highest BCUT2D eigenvalue weighted by Crippen LogP contribution is 2.51. The largest absolute Gasteiger partial charge is 0.311 e. The molecule has 9 aromatic rings. The summed E-state index contributed by atoms with van der Waals surface area (Å²) in [5.74, 6) is 0. The van der Waals surface area contributed by atoms with Crippen LogP contribution in [0.1, 0.15) is 162 Å². The van der Waals surface area contributed by atoms with Gasteiger partial charge in [-0.2, -0.15) is 0 Å². The Bertz CT molecular complexity index is 3700. The van der Waals surface area contributed by atoms with E-state index in [4.69, 9.17) is 0 Å². The van der Waals surface area contributed by atoms with E-state index in [1.54, 1.807) is 0 Å². The van der Waals surface area contributed by atoms with Gasteiger partial charge in [0.2, 0.25) is 0 Å². The Balaban J connectivity index is 1.21. The molecule has 8 aromatic carbocycles. The SMILES string of the molecule is CCCCc1ccc(N(c2ccc(C(C)(C)C)cc2)c2ccc3c(c2)N(c2ccc(C(C)(C)C)cc2)c2cc(CCCC)cc4c2B3c2cc(C(C)(C)C)ccc2N4c2cc(C)cc3c2sc2ccc(C(C)(C)C)cc23)cc1. The Morgan fingerprint density at radius 1 is 0.423 bits per heavy atom. The molecule has 0 N–H and O–H groups in total. The molecule has 398 valence electrons. The fourth-order valence-corrected chi connectivity index (χ4v) is 13.4. The molecule has 0 saturated carbocycles. The summed E-state index contributed by atoms with van der Waals surface area (Å²) in [6.07, 6.45) is 6.72. The Kier molecular flexibility index (Phi) is 13.7. The van der Waals surface area contributed by atoms with E-state index in [9.17, 15) is 0 Å². The summed E-state index contributed by atoms with van der Waals surface area (Å²) in [5, 5.41) is 2.69. The van der Waals surface area contributed by atoms with Crippen LogP contribution in [0.15, 0.2) is 152 Å². The summed E-state index contributed by atoms with van der Waals surface area (Å²) in [5.41, 5.74) is 24.4. The van der Waals surface area contributed by atoms with E-state index in [-0.39, 0.29) is 28.4 Å². The van der Waals surface area contributed by atoms with Crippen LogP contribution in [0.5, 0.6) is 0 Å². The lowest BCUT2D eigenvalue weighted by atomic mass is 9.33. The third kappa shape index (κ3) is 9.77. The zero-order valence-corrected chi connectivity index (χ0v) is 50.3. The summed E-state index contributed by atoms with van der Waals surface area (Å²) < 4.78 is 2.67. The van der Waals surface area contributed by atoms with Crippen LogP contribution >= 0.6 is 11.3 Å². The van der Waals surface area contributed by atoms with Crippen molar-refractivity contribution in [2.75, 3.05) is 14.7 Å². The van der Waals surface area contributed by atoms with Gasteiger partial charge < -0.3 is 14.7 Å². The number of nitrogens with zero attached hydrogens (tertiary/aromatic N) is 3. The molecule has 0 unspecified atom stereocenters. The number of thiophene rings is 1.